The van der Waals surface area contributed by atoms with Crippen LogP contribution >= 0.6 is 0 Å². The molecule has 1 amide bonds. The molecule has 6 N–H and O–H groups in total. The zero-order chi connectivity index (χ0) is 47.4. The van der Waals surface area contributed by atoms with Gasteiger partial charge >= 0.3 is 5.97 Å². The van der Waals surface area contributed by atoms with Gasteiger partial charge in [-0.25, -0.2) is 9.97 Å². The van der Waals surface area contributed by atoms with Crippen molar-refractivity contribution in [3.8, 4) is 0 Å². The van der Waals surface area contributed by atoms with Crippen molar-refractivity contribution < 1.29 is 68.3 Å². The topological polar surface area (TPSA) is 241 Å². The number of anilines is 1. The molecule has 0 bridgehead atoms. The fourth-order valence-electron chi connectivity index (χ4n) is 9.88. The number of hydrogen-bond donors (Lipinski definition) is 6. The number of cyclic esters (lactones) is 1. The number of aliphatic hydroxyl groups excluding tert-OH is 3. The highest BCUT2D eigenvalue weighted by Gasteiger charge is 2.54. The lowest BCUT2D eigenvalue weighted by molar-refractivity contribution is -0.319. The molecule has 18 heteroatoms. The van der Waals surface area contributed by atoms with Crippen molar-refractivity contribution in [1.29, 1.82) is 0 Å². The maximum Gasteiger partial charge on any atom is 0.311 e. The third kappa shape index (κ3) is 12.5. The Labute approximate surface area is 373 Å². The van der Waals surface area contributed by atoms with Crippen LogP contribution in [0.25, 0.3) is 0 Å². The van der Waals surface area contributed by atoms with Crippen molar-refractivity contribution >= 4 is 17.7 Å². The van der Waals surface area contributed by atoms with Crippen LogP contribution < -0.4 is 5.32 Å². The number of likely N-dealkylation sites (N-methyl/N-ethyl adjacent to an activating group) is 1. The van der Waals surface area contributed by atoms with Gasteiger partial charge in [0.25, 0.3) is 5.91 Å². The smallest absolute Gasteiger partial charge is 0.311 e. The Hall–Kier alpha value is -2.46. The first-order valence-corrected chi connectivity index (χ1v) is 22.5. The Morgan fingerprint density at radius 2 is 1.65 bits per heavy atom. The van der Waals surface area contributed by atoms with Crippen LogP contribution in [0.2, 0.25) is 0 Å². The minimum Gasteiger partial charge on any atom is -0.459 e. The summed E-state index contributed by atoms with van der Waals surface area (Å²) in [5, 5.41) is 62.6. The maximum atomic E-state index is 14.5. The zero-order valence-corrected chi connectivity index (χ0v) is 39.8. The second-order valence-corrected chi connectivity index (χ2v) is 19.4. The highest BCUT2D eigenvalue weighted by atomic mass is 16.7. The van der Waals surface area contributed by atoms with Gasteiger partial charge in [0.1, 0.15) is 42.7 Å². The number of methoxy groups -OCH3 is 1. The zero-order valence-electron chi connectivity index (χ0n) is 39.8. The van der Waals surface area contributed by atoms with Gasteiger partial charge in [-0.1, -0.05) is 27.7 Å². The van der Waals surface area contributed by atoms with Gasteiger partial charge < -0.3 is 64.0 Å². The molecule has 0 unspecified atom stereocenters. The molecule has 3 aliphatic rings. The third-order valence-corrected chi connectivity index (χ3v) is 13.9. The standard InChI is InChI=1S/C45H78N4O14/c1-15-31-45(12,56)38(52)26(6)36(58-21-33(50)48-32-16-17-46-22-47-32)24(4)19-43(10,55)40(63-42-35(51)30(18-25(5)59-42)49(13)23(2)3)27(7)37(28(8)41(54)61-31)62-34-20-44(11,57-14)39(53)29(9)60-34/h16-17,22-31,34-40,42,51-53,55-56H,15,18-21H2,1-14H3,(H,46,47,48,50)/t24-,25-,26+,27+,28-,29+,30+,31-,34+,35-,36+,37+,38-,39+,40-,42+,43-,44-,45-/m1/s1. The minimum absolute atomic E-state index is 0.0687. The predicted molar refractivity (Wildman–Crippen MR) is 231 cm³/mol. The van der Waals surface area contributed by atoms with Crippen molar-refractivity contribution in [2.24, 2.45) is 23.7 Å². The molecule has 18 nitrogen and oxygen atoms in total. The fraction of sp³-hybridized carbons (Fsp3) is 0.867. The van der Waals surface area contributed by atoms with E-state index in [0.717, 1.165) is 0 Å². The van der Waals surface area contributed by atoms with Gasteiger partial charge in [0, 0.05) is 43.6 Å². The van der Waals surface area contributed by atoms with Crippen LogP contribution in [-0.4, -0.2) is 169 Å². The van der Waals surface area contributed by atoms with Crippen LogP contribution in [-0.2, 0) is 42.7 Å². The molecule has 3 saturated heterocycles. The van der Waals surface area contributed by atoms with E-state index in [-0.39, 0.29) is 43.3 Å². The summed E-state index contributed by atoms with van der Waals surface area (Å²) in [6.45, 7) is 20.4. The summed E-state index contributed by atoms with van der Waals surface area (Å²) in [6.07, 6.45) is -8.18. The van der Waals surface area contributed by atoms with Crippen LogP contribution in [0.15, 0.2) is 18.6 Å². The summed E-state index contributed by atoms with van der Waals surface area (Å²) < 4.78 is 44.3. The van der Waals surface area contributed by atoms with E-state index in [1.165, 1.54) is 32.6 Å². The highest BCUT2D eigenvalue weighted by Crippen LogP contribution is 2.42. The molecule has 362 valence electrons. The molecular formula is C45H78N4O14. The quantitative estimate of drug-likeness (QED) is 0.165. The Kier molecular flexibility index (Phi) is 18.5. The third-order valence-electron chi connectivity index (χ3n) is 13.9. The molecule has 19 atom stereocenters. The Morgan fingerprint density at radius 3 is 2.24 bits per heavy atom. The number of ether oxygens (including phenoxy) is 7. The van der Waals surface area contributed by atoms with Crippen molar-refractivity contribution in [2.75, 3.05) is 26.1 Å². The number of nitrogens with zero attached hydrogens (tertiary/aromatic N) is 3. The van der Waals surface area contributed by atoms with E-state index in [0.29, 0.717) is 6.42 Å². The van der Waals surface area contributed by atoms with Gasteiger partial charge in [-0.15, -0.1) is 0 Å². The summed E-state index contributed by atoms with van der Waals surface area (Å²) in [5.74, 6) is -4.57. The molecule has 1 aromatic rings. The molecule has 3 fully saturated rings. The molecule has 0 aromatic carbocycles. The lowest BCUT2D eigenvalue weighted by Gasteiger charge is -2.50. The van der Waals surface area contributed by atoms with E-state index in [4.69, 9.17) is 33.2 Å². The van der Waals surface area contributed by atoms with E-state index < -0.39 is 120 Å². The summed E-state index contributed by atoms with van der Waals surface area (Å²) >= 11 is 0. The van der Waals surface area contributed by atoms with E-state index in [1.54, 1.807) is 55.4 Å². The first kappa shape index (κ1) is 53.2. The number of hydrogen-bond acceptors (Lipinski definition) is 17. The number of amides is 1. The number of carbonyl (C=O) groups excluding carboxylic acids is 2. The van der Waals surface area contributed by atoms with Crippen LogP contribution in [0.3, 0.4) is 0 Å². The van der Waals surface area contributed by atoms with Gasteiger partial charge in [0.05, 0.1) is 53.7 Å². The van der Waals surface area contributed by atoms with Gasteiger partial charge in [-0.3, -0.25) is 14.5 Å². The maximum absolute atomic E-state index is 14.5. The van der Waals surface area contributed by atoms with E-state index in [2.05, 4.69) is 20.2 Å². The van der Waals surface area contributed by atoms with Gasteiger partial charge in [0.15, 0.2) is 12.6 Å². The van der Waals surface area contributed by atoms with E-state index >= 15 is 0 Å². The molecule has 0 aliphatic carbocycles. The number of rotatable bonds is 12. The Bertz CT molecular complexity index is 1610. The number of carbonyl (C=O) groups is 2. The average molecular weight is 899 g/mol. The number of aliphatic hydroxyl groups is 5. The average Bonchev–Trinajstić information content (AvgIpc) is 3.22. The SMILES string of the molecule is CC[C@H]1OC(=O)[C@H](C)[C@@H](O[C@H]2C[C@@](C)(OC)[C@@H](O)[C@H](C)O2)[C@H](C)[C@@H](O[C@@H]2O[C@H](C)C[C@H](N(C)C(C)C)[C@H]2O)[C@](C)(O)C[C@@H](C)[C@H](OCC(=O)Nc2ccncn2)[C@H](C)[C@@H](O)[C@]1(C)O. The van der Waals surface area contributed by atoms with Crippen molar-refractivity contribution in [2.45, 2.75) is 205 Å². The van der Waals surface area contributed by atoms with Gasteiger partial charge in [-0.05, 0) is 93.7 Å². The molecular weight excluding hydrogens is 821 g/mol. The molecule has 63 heavy (non-hydrogen) atoms. The largest absolute Gasteiger partial charge is 0.459 e. The molecule has 0 spiro atoms. The van der Waals surface area contributed by atoms with Gasteiger partial charge in [-0.2, -0.15) is 0 Å². The van der Waals surface area contributed by atoms with Crippen LogP contribution in [0.1, 0.15) is 109 Å². The monoisotopic (exact) mass is 899 g/mol. The molecule has 3 aliphatic heterocycles. The number of nitrogens with one attached hydrogen (secondary N) is 1. The van der Waals surface area contributed by atoms with Crippen molar-refractivity contribution in [1.82, 2.24) is 14.9 Å². The lowest BCUT2D eigenvalue weighted by atomic mass is 9.73. The van der Waals surface area contributed by atoms with Crippen molar-refractivity contribution in [3.63, 3.8) is 0 Å². The Balaban J connectivity index is 1.84. The van der Waals surface area contributed by atoms with Crippen LogP contribution in [0, 0.1) is 23.7 Å². The van der Waals surface area contributed by atoms with E-state index in [9.17, 15) is 35.1 Å². The highest BCUT2D eigenvalue weighted by molar-refractivity contribution is 5.90. The summed E-state index contributed by atoms with van der Waals surface area (Å²) in [7, 11) is 3.41. The summed E-state index contributed by atoms with van der Waals surface area (Å²) in [6, 6.07) is 1.24. The molecule has 4 heterocycles. The minimum atomic E-state index is -2.02. The molecule has 1 aromatic heterocycles. The first-order chi connectivity index (χ1) is 29.3. The fourth-order valence-corrected chi connectivity index (χ4v) is 9.88. The van der Waals surface area contributed by atoms with Gasteiger partial charge in [0.2, 0.25) is 0 Å². The summed E-state index contributed by atoms with van der Waals surface area (Å²) in [5.41, 5.74) is -4.92. The second-order valence-electron chi connectivity index (χ2n) is 19.4. The molecule has 0 saturated carbocycles. The summed E-state index contributed by atoms with van der Waals surface area (Å²) in [4.78, 5) is 37.6. The lowest BCUT2D eigenvalue weighted by Crippen LogP contribution is -2.62. The van der Waals surface area contributed by atoms with E-state index in [1.807, 2.05) is 27.8 Å². The molecule has 0 radical (unpaired) electrons. The number of aromatic nitrogens is 2. The van der Waals surface area contributed by atoms with Crippen LogP contribution in [0.5, 0.6) is 0 Å². The number of esters is 1. The second kappa shape index (κ2) is 21.9. The molecule has 4 rings (SSSR count). The Morgan fingerprint density at radius 1 is 0.984 bits per heavy atom. The van der Waals surface area contributed by atoms with Crippen molar-refractivity contribution in [3.05, 3.63) is 18.6 Å². The normalized spacial score (nSPS) is 43.6. The first-order valence-electron chi connectivity index (χ1n) is 22.5. The van der Waals surface area contributed by atoms with Crippen LogP contribution in [0.4, 0.5) is 5.82 Å². The predicted octanol–water partition coefficient (Wildman–Crippen LogP) is 2.81.